The number of para-hydroxylation sites is 1. The Hall–Kier alpha value is -1.94. The lowest BCUT2D eigenvalue weighted by atomic mass is 9.78. The Morgan fingerprint density at radius 1 is 1.17 bits per heavy atom. The fraction of sp³-hybridized carbons (Fsp3) is 0.474. The van der Waals surface area contributed by atoms with E-state index >= 15 is 0 Å². The molecular formula is C19H23N3O. The van der Waals surface area contributed by atoms with Crippen molar-refractivity contribution in [1.82, 2.24) is 15.2 Å². The van der Waals surface area contributed by atoms with Gasteiger partial charge in [-0.25, -0.2) is 0 Å². The van der Waals surface area contributed by atoms with Crippen LogP contribution in [0.3, 0.4) is 0 Å². The zero-order valence-electron chi connectivity index (χ0n) is 13.4. The first-order valence-corrected chi connectivity index (χ1v) is 8.57. The van der Waals surface area contributed by atoms with Crippen LogP contribution in [0.1, 0.15) is 24.8 Å². The third-order valence-corrected chi connectivity index (χ3v) is 5.57. The smallest absolute Gasteiger partial charge is 0.227 e. The second kappa shape index (κ2) is 5.93. The fourth-order valence-corrected chi connectivity index (χ4v) is 4.04. The second-order valence-electron chi connectivity index (χ2n) is 6.98. The molecule has 120 valence electrons. The highest BCUT2D eigenvalue weighted by atomic mass is 16.2. The van der Waals surface area contributed by atoms with Gasteiger partial charge in [0.2, 0.25) is 5.91 Å². The Morgan fingerprint density at radius 3 is 2.78 bits per heavy atom. The third kappa shape index (κ3) is 2.83. The molecule has 0 aliphatic carbocycles. The van der Waals surface area contributed by atoms with E-state index in [1.54, 1.807) is 6.20 Å². The van der Waals surface area contributed by atoms with E-state index in [1.165, 1.54) is 6.42 Å². The van der Waals surface area contributed by atoms with E-state index in [4.69, 9.17) is 0 Å². The molecule has 1 amide bonds. The van der Waals surface area contributed by atoms with Crippen LogP contribution in [0.25, 0.3) is 10.9 Å². The number of carbonyl (C=O) groups excluding carboxylic acids is 1. The number of carbonyl (C=O) groups is 1. The van der Waals surface area contributed by atoms with E-state index < -0.39 is 0 Å². The molecule has 2 fully saturated rings. The highest BCUT2D eigenvalue weighted by molar-refractivity contribution is 5.87. The zero-order valence-corrected chi connectivity index (χ0v) is 13.4. The van der Waals surface area contributed by atoms with Gasteiger partial charge in [-0.05, 0) is 42.9 Å². The van der Waals surface area contributed by atoms with Gasteiger partial charge in [0.25, 0.3) is 0 Å². The molecule has 4 heteroatoms. The molecule has 2 aliphatic heterocycles. The van der Waals surface area contributed by atoms with Crippen molar-refractivity contribution in [3.63, 3.8) is 0 Å². The Kier molecular flexibility index (Phi) is 3.77. The predicted octanol–water partition coefficient (Wildman–Crippen LogP) is 2.38. The second-order valence-corrected chi connectivity index (χ2v) is 6.98. The number of pyridine rings is 1. The van der Waals surface area contributed by atoms with E-state index in [2.05, 4.69) is 10.3 Å². The van der Waals surface area contributed by atoms with Crippen molar-refractivity contribution in [1.29, 1.82) is 0 Å². The summed E-state index contributed by atoms with van der Waals surface area (Å²) in [6.45, 7) is 4.06. The molecule has 0 atom stereocenters. The zero-order chi connectivity index (χ0) is 15.7. The molecule has 2 aromatic rings. The molecule has 0 saturated carbocycles. The molecule has 4 nitrogen and oxygen atoms in total. The van der Waals surface area contributed by atoms with Crippen molar-refractivity contribution >= 4 is 16.8 Å². The van der Waals surface area contributed by atoms with Crippen molar-refractivity contribution in [3.05, 3.63) is 42.1 Å². The van der Waals surface area contributed by atoms with Gasteiger partial charge in [-0.3, -0.25) is 9.78 Å². The molecular weight excluding hydrogens is 286 g/mol. The van der Waals surface area contributed by atoms with E-state index in [-0.39, 0.29) is 5.91 Å². The average molecular weight is 309 g/mol. The van der Waals surface area contributed by atoms with E-state index in [0.29, 0.717) is 11.8 Å². The monoisotopic (exact) mass is 309 g/mol. The lowest BCUT2D eigenvalue weighted by molar-refractivity contribution is -0.132. The molecule has 2 saturated heterocycles. The quantitative estimate of drug-likeness (QED) is 0.926. The van der Waals surface area contributed by atoms with Crippen molar-refractivity contribution in [3.8, 4) is 0 Å². The first-order valence-electron chi connectivity index (χ1n) is 8.57. The SMILES string of the molecule is O=C(Cc1cccc2cccnc12)N1CCC2(CCNC2)CC1. The van der Waals surface area contributed by atoms with Gasteiger partial charge in [-0.2, -0.15) is 0 Å². The van der Waals surface area contributed by atoms with Gasteiger partial charge in [0, 0.05) is 31.2 Å². The number of nitrogens with one attached hydrogen (secondary N) is 1. The summed E-state index contributed by atoms with van der Waals surface area (Å²) in [5.41, 5.74) is 2.45. The first kappa shape index (κ1) is 14.6. The van der Waals surface area contributed by atoms with E-state index in [0.717, 1.165) is 55.5 Å². The number of likely N-dealkylation sites (tertiary alicyclic amines) is 1. The number of hydrogen-bond acceptors (Lipinski definition) is 3. The minimum absolute atomic E-state index is 0.240. The summed E-state index contributed by atoms with van der Waals surface area (Å²) in [7, 11) is 0. The average Bonchev–Trinajstić information content (AvgIpc) is 3.04. The number of aromatic nitrogens is 1. The number of hydrogen-bond donors (Lipinski definition) is 1. The molecule has 2 aliphatic rings. The highest BCUT2D eigenvalue weighted by Gasteiger charge is 2.37. The fourth-order valence-electron chi connectivity index (χ4n) is 4.04. The number of rotatable bonds is 2. The molecule has 1 aromatic heterocycles. The van der Waals surface area contributed by atoms with Gasteiger partial charge in [-0.15, -0.1) is 0 Å². The van der Waals surface area contributed by atoms with Crippen LogP contribution in [0.5, 0.6) is 0 Å². The highest BCUT2D eigenvalue weighted by Crippen LogP contribution is 2.37. The molecule has 1 spiro atoms. The number of amides is 1. The molecule has 4 rings (SSSR count). The molecule has 1 aromatic carbocycles. The number of fused-ring (bicyclic) bond motifs is 1. The van der Waals surface area contributed by atoms with Gasteiger partial charge in [-0.1, -0.05) is 24.3 Å². The molecule has 0 unspecified atom stereocenters. The van der Waals surface area contributed by atoms with Crippen LogP contribution in [0, 0.1) is 5.41 Å². The summed E-state index contributed by atoms with van der Waals surface area (Å²) < 4.78 is 0. The molecule has 1 N–H and O–H groups in total. The molecule has 0 bridgehead atoms. The number of benzene rings is 1. The number of nitrogens with zero attached hydrogens (tertiary/aromatic N) is 2. The summed E-state index contributed by atoms with van der Waals surface area (Å²) >= 11 is 0. The Labute approximate surface area is 136 Å². The third-order valence-electron chi connectivity index (χ3n) is 5.57. The molecule has 23 heavy (non-hydrogen) atoms. The minimum atomic E-state index is 0.240. The van der Waals surface area contributed by atoms with Crippen LogP contribution in [-0.4, -0.2) is 42.0 Å². The van der Waals surface area contributed by atoms with Gasteiger partial charge in [0.05, 0.1) is 11.9 Å². The van der Waals surface area contributed by atoms with Gasteiger partial charge < -0.3 is 10.2 Å². The van der Waals surface area contributed by atoms with Crippen LogP contribution in [0.15, 0.2) is 36.5 Å². The minimum Gasteiger partial charge on any atom is -0.342 e. The Morgan fingerprint density at radius 2 is 2.00 bits per heavy atom. The lowest BCUT2D eigenvalue weighted by Gasteiger charge is -2.39. The van der Waals surface area contributed by atoms with Crippen LogP contribution in [-0.2, 0) is 11.2 Å². The lowest BCUT2D eigenvalue weighted by Crippen LogP contribution is -2.44. The predicted molar refractivity (Wildman–Crippen MR) is 91.2 cm³/mol. The van der Waals surface area contributed by atoms with Crippen LogP contribution < -0.4 is 5.32 Å². The maximum absolute atomic E-state index is 12.7. The van der Waals surface area contributed by atoms with Gasteiger partial charge in [0.1, 0.15) is 0 Å². The van der Waals surface area contributed by atoms with Gasteiger partial charge >= 0.3 is 0 Å². The van der Waals surface area contributed by atoms with E-state index in [1.807, 2.05) is 35.2 Å². The van der Waals surface area contributed by atoms with Crippen molar-refractivity contribution in [2.75, 3.05) is 26.2 Å². The Bertz CT molecular complexity index is 706. The normalized spacial score (nSPS) is 20.3. The summed E-state index contributed by atoms with van der Waals surface area (Å²) in [5.74, 6) is 0.240. The van der Waals surface area contributed by atoms with Crippen LogP contribution >= 0.6 is 0 Å². The first-order chi connectivity index (χ1) is 11.3. The molecule has 0 radical (unpaired) electrons. The summed E-state index contributed by atoms with van der Waals surface area (Å²) in [4.78, 5) is 19.2. The van der Waals surface area contributed by atoms with Crippen LogP contribution in [0.2, 0.25) is 0 Å². The number of piperidine rings is 1. The summed E-state index contributed by atoms with van der Waals surface area (Å²) in [6.07, 6.45) is 5.80. The maximum atomic E-state index is 12.7. The summed E-state index contributed by atoms with van der Waals surface area (Å²) in [6, 6.07) is 10.1. The van der Waals surface area contributed by atoms with Crippen molar-refractivity contribution < 1.29 is 4.79 Å². The van der Waals surface area contributed by atoms with E-state index in [9.17, 15) is 4.79 Å². The topological polar surface area (TPSA) is 45.2 Å². The Balaban J connectivity index is 1.46. The van der Waals surface area contributed by atoms with Crippen LogP contribution in [0.4, 0.5) is 0 Å². The summed E-state index contributed by atoms with van der Waals surface area (Å²) in [5, 5.41) is 4.58. The standard InChI is InChI=1S/C19H23N3O/c23-17(22-11-7-19(8-12-22)6-10-20-14-19)13-16-4-1-3-15-5-2-9-21-18(15)16/h1-5,9,20H,6-8,10-14H2. The van der Waals surface area contributed by atoms with Crippen molar-refractivity contribution in [2.24, 2.45) is 5.41 Å². The van der Waals surface area contributed by atoms with Crippen molar-refractivity contribution in [2.45, 2.75) is 25.7 Å². The molecule has 3 heterocycles. The maximum Gasteiger partial charge on any atom is 0.227 e. The van der Waals surface area contributed by atoms with Gasteiger partial charge in [0.15, 0.2) is 0 Å². The largest absolute Gasteiger partial charge is 0.342 e.